The second kappa shape index (κ2) is 45.8. The molecular weight excluding hydrogens is 734 g/mol. The van der Waals surface area contributed by atoms with Crippen LogP contribution >= 0.6 is 7.82 Å². The van der Waals surface area contributed by atoms with E-state index in [1.54, 1.807) is 0 Å². The van der Waals surface area contributed by atoms with Crippen molar-refractivity contribution in [2.45, 2.75) is 232 Å². The van der Waals surface area contributed by atoms with Crippen molar-refractivity contribution in [2.24, 2.45) is 5.73 Å². The number of hydrogen-bond donors (Lipinski definition) is 2. The molecule has 0 fully saturated rings. The predicted molar refractivity (Wildman–Crippen MR) is 243 cm³/mol. The number of ether oxygens (including phenoxy) is 2. The van der Waals surface area contributed by atoms with Gasteiger partial charge in [-0.25, -0.2) is 4.57 Å². The van der Waals surface area contributed by atoms with Crippen LogP contribution < -0.4 is 5.73 Å². The van der Waals surface area contributed by atoms with Crippen molar-refractivity contribution in [3.63, 3.8) is 0 Å². The molecule has 0 saturated heterocycles. The summed E-state index contributed by atoms with van der Waals surface area (Å²) in [6, 6.07) is 0. The van der Waals surface area contributed by atoms with Gasteiger partial charge in [0.15, 0.2) is 0 Å². The molecule has 0 aliphatic heterocycles. The average molecular weight is 826 g/mol. The minimum atomic E-state index is -4.27. The Bertz CT molecular complexity index is 972. The number of phosphoric acid groups is 1. The first-order chi connectivity index (χ1) is 27.9. The summed E-state index contributed by atoms with van der Waals surface area (Å²) in [6.07, 6.45) is 53.2. The highest BCUT2D eigenvalue weighted by Gasteiger charge is 2.25. The fourth-order valence-electron chi connectivity index (χ4n) is 6.77. The summed E-state index contributed by atoms with van der Waals surface area (Å²) in [5, 5.41) is 0. The molecule has 8 nitrogen and oxygen atoms in total. The van der Waals surface area contributed by atoms with E-state index in [0.717, 1.165) is 44.9 Å². The highest BCUT2D eigenvalue weighted by atomic mass is 31.2. The molecule has 0 rings (SSSR count). The molecule has 9 heteroatoms. The van der Waals surface area contributed by atoms with Crippen molar-refractivity contribution in [1.29, 1.82) is 0 Å². The monoisotopic (exact) mass is 826 g/mol. The first kappa shape index (κ1) is 55.7. The third kappa shape index (κ3) is 45.7. The normalized spacial score (nSPS) is 13.7. The number of phosphoric ester groups is 1. The summed E-state index contributed by atoms with van der Waals surface area (Å²) in [7, 11) is -4.27. The van der Waals surface area contributed by atoms with Crippen LogP contribution in [0, 0.1) is 0 Å². The molecule has 0 aromatic rings. The number of carbonyl (C=O) groups excluding carboxylic acids is 1. The minimum Gasteiger partial charge on any atom is -0.457 e. The van der Waals surface area contributed by atoms with Gasteiger partial charge in [-0.3, -0.25) is 13.8 Å². The third-order valence-electron chi connectivity index (χ3n) is 10.3. The van der Waals surface area contributed by atoms with Crippen molar-refractivity contribution in [3.05, 3.63) is 36.5 Å². The van der Waals surface area contributed by atoms with Crippen LogP contribution in [0.4, 0.5) is 0 Å². The predicted octanol–water partition coefficient (Wildman–Crippen LogP) is 14.6. The van der Waals surface area contributed by atoms with E-state index in [1.165, 1.54) is 161 Å². The zero-order valence-corrected chi connectivity index (χ0v) is 38.2. The molecule has 2 unspecified atom stereocenters. The molecule has 0 aromatic heterocycles. The van der Waals surface area contributed by atoms with Crippen LogP contribution in [-0.4, -0.2) is 49.9 Å². The Morgan fingerprint density at radius 3 is 1.39 bits per heavy atom. The highest BCUT2D eigenvalue weighted by molar-refractivity contribution is 7.47. The average Bonchev–Trinajstić information content (AvgIpc) is 3.20. The Morgan fingerprint density at radius 2 is 0.930 bits per heavy atom. The number of rotatable bonds is 46. The fraction of sp³-hybridized carbons (Fsp3) is 0.854. The second-order valence-corrected chi connectivity index (χ2v) is 17.4. The number of esters is 1. The number of nitrogens with two attached hydrogens (primary N) is 1. The third-order valence-corrected chi connectivity index (χ3v) is 11.3. The lowest BCUT2D eigenvalue weighted by molar-refractivity contribution is -0.154. The lowest BCUT2D eigenvalue weighted by Gasteiger charge is -2.20. The molecule has 0 amide bonds. The molecule has 57 heavy (non-hydrogen) atoms. The summed E-state index contributed by atoms with van der Waals surface area (Å²) in [5.74, 6) is -0.330. The fourth-order valence-corrected chi connectivity index (χ4v) is 7.53. The van der Waals surface area contributed by atoms with Gasteiger partial charge in [-0.1, -0.05) is 204 Å². The van der Waals surface area contributed by atoms with E-state index in [4.69, 9.17) is 24.3 Å². The van der Waals surface area contributed by atoms with Gasteiger partial charge in [-0.2, -0.15) is 0 Å². The lowest BCUT2D eigenvalue weighted by Crippen LogP contribution is -2.28. The summed E-state index contributed by atoms with van der Waals surface area (Å²) in [5.41, 5.74) is 5.37. The number of allylic oxidation sites excluding steroid dienone is 6. The van der Waals surface area contributed by atoms with Gasteiger partial charge in [0.25, 0.3) is 0 Å². The molecule has 2 atom stereocenters. The van der Waals surface area contributed by atoms with Crippen molar-refractivity contribution in [2.75, 3.05) is 33.0 Å². The zero-order valence-electron chi connectivity index (χ0n) is 37.3. The second-order valence-electron chi connectivity index (χ2n) is 16.0. The van der Waals surface area contributed by atoms with Gasteiger partial charge in [-0.05, 0) is 51.4 Å². The van der Waals surface area contributed by atoms with E-state index in [9.17, 15) is 14.3 Å². The van der Waals surface area contributed by atoms with E-state index in [0.29, 0.717) is 13.0 Å². The molecule has 0 bridgehead atoms. The maximum Gasteiger partial charge on any atom is 0.472 e. The Morgan fingerprint density at radius 1 is 0.526 bits per heavy atom. The summed E-state index contributed by atoms with van der Waals surface area (Å²) in [4.78, 5) is 22.5. The molecule has 0 aromatic carbocycles. The van der Waals surface area contributed by atoms with Crippen LogP contribution in [0.15, 0.2) is 36.5 Å². The first-order valence-corrected chi connectivity index (χ1v) is 25.5. The standard InChI is InChI=1S/C48H92NO7P/c1-3-5-7-9-11-13-15-17-18-19-20-21-22-23-24-25-26-27-28-29-30-32-34-36-38-40-43-53-45-47(46-55-57(51,52)54-44-42-49)56-48(50)41-39-37-35-33-31-16-14-12-10-8-6-4-2/h15,17,19-20,22-23,47H,3-14,16,18,21,24-46,49H2,1-2H3,(H,51,52)/b17-15-,20-19-,23-22-. The zero-order chi connectivity index (χ0) is 41.6. The number of hydrogen-bond acceptors (Lipinski definition) is 7. The van der Waals surface area contributed by atoms with Gasteiger partial charge in [0, 0.05) is 19.6 Å². The smallest absolute Gasteiger partial charge is 0.457 e. The molecule has 0 spiro atoms. The summed E-state index contributed by atoms with van der Waals surface area (Å²) >= 11 is 0. The molecular formula is C48H92NO7P. The van der Waals surface area contributed by atoms with Crippen molar-refractivity contribution < 1.29 is 32.8 Å². The van der Waals surface area contributed by atoms with E-state index in [2.05, 4.69) is 50.3 Å². The maximum absolute atomic E-state index is 12.6. The van der Waals surface area contributed by atoms with Crippen LogP contribution in [0.5, 0.6) is 0 Å². The molecule has 3 N–H and O–H groups in total. The van der Waals surface area contributed by atoms with Crippen LogP contribution in [-0.2, 0) is 27.9 Å². The van der Waals surface area contributed by atoms with E-state index >= 15 is 0 Å². The van der Waals surface area contributed by atoms with Crippen molar-refractivity contribution in [1.82, 2.24) is 0 Å². The van der Waals surface area contributed by atoms with Gasteiger partial charge < -0.3 is 20.1 Å². The van der Waals surface area contributed by atoms with Crippen LogP contribution in [0.2, 0.25) is 0 Å². The molecule has 0 saturated carbocycles. The van der Waals surface area contributed by atoms with Crippen molar-refractivity contribution in [3.8, 4) is 0 Å². The molecule has 0 heterocycles. The van der Waals surface area contributed by atoms with E-state index < -0.39 is 13.9 Å². The largest absolute Gasteiger partial charge is 0.472 e. The Labute approximate surface area is 352 Å². The van der Waals surface area contributed by atoms with Gasteiger partial charge in [0.05, 0.1) is 19.8 Å². The number of unbranched alkanes of at least 4 members (excludes halogenated alkanes) is 27. The Balaban J connectivity index is 3.89. The van der Waals surface area contributed by atoms with E-state index in [1.807, 2.05) is 0 Å². The number of carbonyl (C=O) groups is 1. The van der Waals surface area contributed by atoms with Crippen LogP contribution in [0.25, 0.3) is 0 Å². The minimum absolute atomic E-state index is 0.0947. The van der Waals surface area contributed by atoms with Gasteiger partial charge in [0.1, 0.15) is 6.10 Å². The molecule has 336 valence electrons. The summed E-state index contributed by atoms with van der Waals surface area (Å²) < 4.78 is 33.5. The molecule has 0 radical (unpaired) electrons. The first-order valence-electron chi connectivity index (χ1n) is 24.0. The van der Waals surface area contributed by atoms with Crippen molar-refractivity contribution >= 4 is 13.8 Å². The Hall–Kier alpha value is -1.28. The maximum atomic E-state index is 12.6. The van der Waals surface area contributed by atoms with Gasteiger partial charge in [-0.15, -0.1) is 0 Å². The lowest BCUT2D eigenvalue weighted by atomic mass is 10.0. The van der Waals surface area contributed by atoms with Crippen LogP contribution in [0.3, 0.4) is 0 Å². The molecule has 0 aliphatic carbocycles. The van der Waals surface area contributed by atoms with Crippen LogP contribution in [0.1, 0.15) is 226 Å². The molecule has 0 aliphatic rings. The topological polar surface area (TPSA) is 117 Å². The quantitative estimate of drug-likeness (QED) is 0.0270. The summed E-state index contributed by atoms with van der Waals surface area (Å²) in [6.45, 7) is 4.93. The highest BCUT2D eigenvalue weighted by Crippen LogP contribution is 2.43. The SMILES string of the molecule is CCCCCCC/C=C\C/C=C\C/C=C\CCCCCCCCCCCCCOCC(COP(=O)(O)OCCN)OC(=O)CCCCCCCCCCCCCC. The van der Waals surface area contributed by atoms with Gasteiger partial charge in [0.2, 0.25) is 0 Å². The Kier molecular flexibility index (Phi) is 44.8. The van der Waals surface area contributed by atoms with E-state index in [-0.39, 0.29) is 32.3 Å². The van der Waals surface area contributed by atoms with Gasteiger partial charge >= 0.3 is 13.8 Å².